The Morgan fingerprint density at radius 1 is 0.548 bits per heavy atom. The lowest BCUT2D eigenvalue weighted by Crippen LogP contribution is -2.13. The minimum atomic E-state index is -0.699. The summed E-state index contributed by atoms with van der Waals surface area (Å²) in [6, 6.07) is 15.4. The minimum Gasteiger partial charge on any atom is -0.395 e. The van der Waals surface area contributed by atoms with E-state index in [0.717, 1.165) is 12.8 Å². The Labute approximate surface area is 189 Å². The molecule has 0 aliphatic heterocycles. The first-order chi connectivity index (χ1) is 15.2. The molecule has 2 rings (SSSR count). The molecule has 0 heterocycles. The molecule has 0 amide bonds. The Bertz CT molecular complexity index is 719. The van der Waals surface area contributed by atoms with Gasteiger partial charge in [0.25, 0.3) is 0 Å². The molecular formula is C28H40O3. The second kappa shape index (κ2) is 15.5. The molecule has 0 aliphatic rings. The van der Waals surface area contributed by atoms with Crippen molar-refractivity contribution < 1.29 is 14.3 Å². The summed E-state index contributed by atoms with van der Waals surface area (Å²) >= 11 is 0. The van der Waals surface area contributed by atoms with Gasteiger partial charge in [0, 0.05) is 0 Å². The van der Waals surface area contributed by atoms with E-state index in [2.05, 4.69) is 13.8 Å². The smallest absolute Gasteiger partial charge is 0.395 e. The third-order valence-electron chi connectivity index (χ3n) is 5.64. The SMILES string of the molecule is CCCCCCCCCCc1ccc(OC(=O)Oc2ccc(CCCCC)cc2)cc1. The summed E-state index contributed by atoms with van der Waals surface area (Å²) in [6.45, 7) is 4.46. The van der Waals surface area contributed by atoms with E-state index in [-0.39, 0.29) is 0 Å². The second-order valence-corrected chi connectivity index (χ2v) is 8.42. The predicted octanol–water partition coefficient (Wildman–Crippen LogP) is 8.68. The third kappa shape index (κ3) is 11.1. The fourth-order valence-corrected chi connectivity index (χ4v) is 3.70. The van der Waals surface area contributed by atoms with Gasteiger partial charge >= 0.3 is 6.16 Å². The molecule has 3 heteroatoms. The van der Waals surface area contributed by atoms with Crippen molar-refractivity contribution in [2.24, 2.45) is 0 Å². The van der Waals surface area contributed by atoms with Crippen LogP contribution in [0.2, 0.25) is 0 Å². The molecule has 31 heavy (non-hydrogen) atoms. The van der Waals surface area contributed by atoms with Crippen LogP contribution in [0.5, 0.6) is 11.5 Å². The van der Waals surface area contributed by atoms with Crippen LogP contribution in [0.3, 0.4) is 0 Å². The molecule has 170 valence electrons. The van der Waals surface area contributed by atoms with Gasteiger partial charge in [0.1, 0.15) is 11.5 Å². The normalized spacial score (nSPS) is 10.8. The summed E-state index contributed by atoms with van der Waals surface area (Å²) < 4.78 is 10.6. The van der Waals surface area contributed by atoms with Crippen LogP contribution in [0.25, 0.3) is 0 Å². The van der Waals surface area contributed by atoms with Gasteiger partial charge in [-0.15, -0.1) is 0 Å². The zero-order chi connectivity index (χ0) is 22.2. The second-order valence-electron chi connectivity index (χ2n) is 8.42. The fraction of sp³-hybridized carbons (Fsp3) is 0.536. The number of aryl methyl sites for hydroxylation is 2. The topological polar surface area (TPSA) is 35.5 Å². The molecule has 0 atom stereocenters. The highest BCUT2D eigenvalue weighted by Gasteiger charge is 2.08. The summed E-state index contributed by atoms with van der Waals surface area (Å²) in [5, 5.41) is 0. The largest absolute Gasteiger partial charge is 0.519 e. The van der Waals surface area contributed by atoms with Gasteiger partial charge < -0.3 is 9.47 Å². The van der Waals surface area contributed by atoms with Gasteiger partial charge in [-0.25, -0.2) is 4.79 Å². The van der Waals surface area contributed by atoms with Crippen LogP contribution >= 0.6 is 0 Å². The lowest BCUT2D eigenvalue weighted by Gasteiger charge is -2.08. The van der Waals surface area contributed by atoms with E-state index in [0.29, 0.717) is 11.5 Å². The number of ether oxygens (including phenoxy) is 2. The zero-order valence-electron chi connectivity index (χ0n) is 19.5. The van der Waals surface area contributed by atoms with E-state index in [1.807, 2.05) is 48.5 Å². The Morgan fingerprint density at radius 3 is 1.35 bits per heavy atom. The zero-order valence-corrected chi connectivity index (χ0v) is 19.5. The Kier molecular flexibility index (Phi) is 12.5. The number of hydrogen-bond donors (Lipinski definition) is 0. The molecular weight excluding hydrogens is 384 g/mol. The quantitative estimate of drug-likeness (QED) is 0.163. The van der Waals surface area contributed by atoms with Crippen molar-refractivity contribution in [3.05, 3.63) is 59.7 Å². The highest BCUT2D eigenvalue weighted by atomic mass is 16.7. The molecule has 0 unspecified atom stereocenters. The van der Waals surface area contributed by atoms with E-state index in [4.69, 9.17) is 9.47 Å². The number of benzene rings is 2. The predicted molar refractivity (Wildman–Crippen MR) is 129 cm³/mol. The van der Waals surface area contributed by atoms with Gasteiger partial charge in [0.2, 0.25) is 0 Å². The van der Waals surface area contributed by atoms with Crippen molar-refractivity contribution in [1.29, 1.82) is 0 Å². The summed E-state index contributed by atoms with van der Waals surface area (Å²) in [7, 11) is 0. The Morgan fingerprint density at radius 2 is 0.903 bits per heavy atom. The molecule has 0 aliphatic carbocycles. The molecule has 3 nitrogen and oxygen atoms in total. The highest BCUT2D eigenvalue weighted by molar-refractivity contribution is 5.67. The average Bonchev–Trinajstić information content (AvgIpc) is 2.78. The van der Waals surface area contributed by atoms with Gasteiger partial charge in [-0.2, -0.15) is 0 Å². The van der Waals surface area contributed by atoms with Crippen LogP contribution < -0.4 is 9.47 Å². The van der Waals surface area contributed by atoms with E-state index < -0.39 is 6.16 Å². The van der Waals surface area contributed by atoms with Crippen molar-refractivity contribution >= 4 is 6.16 Å². The number of carbonyl (C=O) groups is 1. The van der Waals surface area contributed by atoms with Gasteiger partial charge in [0.05, 0.1) is 0 Å². The molecule has 0 saturated carbocycles. The summed E-state index contributed by atoms with van der Waals surface area (Å²) in [4.78, 5) is 12.1. The Hall–Kier alpha value is -2.29. The maximum atomic E-state index is 12.1. The van der Waals surface area contributed by atoms with E-state index >= 15 is 0 Å². The number of rotatable bonds is 15. The maximum absolute atomic E-state index is 12.1. The van der Waals surface area contributed by atoms with E-state index in [1.165, 1.54) is 81.8 Å². The Balaban J connectivity index is 1.64. The molecule has 0 bridgehead atoms. The highest BCUT2D eigenvalue weighted by Crippen LogP contribution is 2.18. The molecule has 0 radical (unpaired) electrons. The fourth-order valence-electron chi connectivity index (χ4n) is 3.70. The van der Waals surface area contributed by atoms with Crippen LogP contribution in [0.4, 0.5) is 4.79 Å². The lowest BCUT2D eigenvalue weighted by atomic mass is 10.0. The lowest BCUT2D eigenvalue weighted by molar-refractivity contribution is 0.152. The standard InChI is InChI=1S/C28H40O3/c1-3-5-7-8-9-10-11-13-15-25-18-22-27(23-19-25)31-28(29)30-26-20-16-24(17-21-26)14-12-6-4-2/h16-23H,3-15H2,1-2H3. The number of hydrogen-bond acceptors (Lipinski definition) is 3. The molecule has 0 spiro atoms. The molecule has 0 aromatic heterocycles. The van der Waals surface area contributed by atoms with Crippen LogP contribution in [-0.4, -0.2) is 6.16 Å². The molecule has 0 saturated heterocycles. The number of unbranched alkanes of at least 4 members (excludes halogenated alkanes) is 9. The first kappa shape index (κ1) is 25.0. The summed E-state index contributed by atoms with van der Waals surface area (Å²) in [5.41, 5.74) is 2.55. The molecule has 2 aromatic rings. The van der Waals surface area contributed by atoms with Crippen molar-refractivity contribution in [3.8, 4) is 11.5 Å². The summed E-state index contributed by atoms with van der Waals surface area (Å²) in [6.07, 6.45) is 15.7. The summed E-state index contributed by atoms with van der Waals surface area (Å²) in [5.74, 6) is 1.02. The van der Waals surface area contributed by atoms with Crippen molar-refractivity contribution in [2.45, 2.75) is 97.3 Å². The van der Waals surface area contributed by atoms with Gasteiger partial charge in [-0.3, -0.25) is 0 Å². The van der Waals surface area contributed by atoms with E-state index in [9.17, 15) is 4.79 Å². The van der Waals surface area contributed by atoms with Crippen LogP contribution in [-0.2, 0) is 12.8 Å². The first-order valence-electron chi connectivity index (χ1n) is 12.3. The van der Waals surface area contributed by atoms with Gasteiger partial charge in [-0.1, -0.05) is 95.9 Å². The van der Waals surface area contributed by atoms with E-state index in [1.54, 1.807) is 0 Å². The molecule has 0 fully saturated rings. The van der Waals surface area contributed by atoms with Crippen molar-refractivity contribution in [3.63, 3.8) is 0 Å². The monoisotopic (exact) mass is 424 g/mol. The average molecular weight is 425 g/mol. The minimum absolute atomic E-state index is 0.510. The third-order valence-corrected chi connectivity index (χ3v) is 5.64. The van der Waals surface area contributed by atoms with Crippen LogP contribution in [0, 0.1) is 0 Å². The van der Waals surface area contributed by atoms with Gasteiger partial charge in [-0.05, 0) is 61.1 Å². The van der Waals surface area contributed by atoms with Crippen LogP contribution in [0.1, 0.15) is 95.6 Å². The molecule has 0 N–H and O–H groups in total. The van der Waals surface area contributed by atoms with Crippen LogP contribution in [0.15, 0.2) is 48.5 Å². The van der Waals surface area contributed by atoms with Crippen molar-refractivity contribution in [1.82, 2.24) is 0 Å². The van der Waals surface area contributed by atoms with Gasteiger partial charge in [0.15, 0.2) is 0 Å². The number of carbonyl (C=O) groups excluding carboxylic acids is 1. The molecule has 2 aromatic carbocycles. The van der Waals surface area contributed by atoms with Crippen molar-refractivity contribution in [2.75, 3.05) is 0 Å². The first-order valence-corrected chi connectivity index (χ1v) is 12.3. The maximum Gasteiger partial charge on any atom is 0.519 e.